The standard InChI is InChI=1S/C43H37N5/c1-48-38-19-11-10-18-37(38)44-43(48)34-23-21-31-26-33(22-20-32(31)27-34)39-35-17-9-8-12-28(35)24-25-36(39)42-46-40(29-13-4-2-5-14-29)45-41(47-42)30-15-6-3-7-16-30/h2-27,40-47H,1H3. The van der Waals surface area contributed by atoms with Gasteiger partial charge in [0.2, 0.25) is 0 Å². The molecule has 1 saturated heterocycles. The molecule has 9 rings (SSSR count). The van der Waals surface area contributed by atoms with Gasteiger partial charge in [0.25, 0.3) is 0 Å². The number of para-hydroxylation sites is 2. The van der Waals surface area contributed by atoms with Crippen LogP contribution in [0.3, 0.4) is 0 Å². The van der Waals surface area contributed by atoms with Gasteiger partial charge in [-0.2, -0.15) is 0 Å². The van der Waals surface area contributed by atoms with Crippen LogP contribution in [0.4, 0.5) is 11.4 Å². The molecule has 4 N–H and O–H groups in total. The summed E-state index contributed by atoms with van der Waals surface area (Å²) in [6.07, 6.45) is -0.0794. The quantitative estimate of drug-likeness (QED) is 0.154. The van der Waals surface area contributed by atoms with Crippen LogP contribution in [0.25, 0.3) is 32.7 Å². The Bertz CT molecular complexity index is 2200. The second-order valence-electron chi connectivity index (χ2n) is 12.9. The number of hydrogen-bond acceptors (Lipinski definition) is 5. The van der Waals surface area contributed by atoms with E-state index in [0.717, 1.165) is 0 Å². The molecule has 3 atom stereocenters. The molecule has 1 fully saturated rings. The molecule has 7 aromatic carbocycles. The van der Waals surface area contributed by atoms with Crippen molar-refractivity contribution >= 4 is 32.9 Å². The Hall–Kier alpha value is -5.46. The van der Waals surface area contributed by atoms with Crippen molar-refractivity contribution in [1.29, 1.82) is 0 Å². The molecule has 0 aromatic heterocycles. The van der Waals surface area contributed by atoms with Crippen LogP contribution in [0.1, 0.15) is 46.9 Å². The van der Waals surface area contributed by atoms with Crippen LogP contribution in [-0.2, 0) is 0 Å². The first-order valence-corrected chi connectivity index (χ1v) is 16.7. The zero-order valence-corrected chi connectivity index (χ0v) is 26.8. The first-order chi connectivity index (χ1) is 23.7. The zero-order chi connectivity index (χ0) is 32.0. The van der Waals surface area contributed by atoms with Gasteiger partial charge >= 0.3 is 0 Å². The van der Waals surface area contributed by atoms with Crippen LogP contribution in [0.2, 0.25) is 0 Å². The van der Waals surface area contributed by atoms with E-state index < -0.39 is 0 Å². The van der Waals surface area contributed by atoms with E-state index in [9.17, 15) is 0 Å². The lowest BCUT2D eigenvalue weighted by atomic mass is 9.89. The lowest BCUT2D eigenvalue weighted by molar-refractivity contribution is 0.203. The summed E-state index contributed by atoms with van der Waals surface area (Å²) in [5.74, 6) is 0. The average molecular weight is 624 g/mol. The normalized spacial score (nSPS) is 20.5. The second-order valence-corrected chi connectivity index (χ2v) is 12.9. The van der Waals surface area contributed by atoms with E-state index in [4.69, 9.17) is 0 Å². The van der Waals surface area contributed by atoms with Gasteiger partial charge < -0.3 is 10.2 Å². The summed E-state index contributed by atoms with van der Waals surface area (Å²) in [6.45, 7) is 0. The van der Waals surface area contributed by atoms with E-state index in [1.54, 1.807) is 0 Å². The highest BCUT2D eigenvalue weighted by Crippen LogP contribution is 2.42. The summed E-state index contributed by atoms with van der Waals surface area (Å²) in [5, 5.41) is 20.3. The van der Waals surface area contributed by atoms with Crippen molar-refractivity contribution < 1.29 is 0 Å². The van der Waals surface area contributed by atoms with E-state index >= 15 is 0 Å². The van der Waals surface area contributed by atoms with Gasteiger partial charge in [0.15, 0.2) is 0 Å². The highest BCUT2D eigenvalue weighted by Gasteiger charge is 2.31. The Morgan fingerprint density at radius 2 is 1.08 bits per heavy atom. The maximum atomic E-state index is 3.91. The van der Waals surface area contributed by atoms with Crippen molar-refractivity contribution in [3.63, 3.8) is 0 Å². The predicted octanol–water partition coefficient (Wildman–Crippen LogP) is 9.40. The van der Waals surface area contributed by atoms with Crippen LogP contribution in [-0.4, -0.2) is 7.05 Å². The Morgan fingerprint density at radius 3 is 1.83 bits per heavy atom. The summed E-state index contributed by atoms with van der Waals surface area (Å²) in [7, 11) is 2.16. The maximum absolute atomic E-state index is 3.91. The Balaban J connectivity index is 1.13. The summed E-state index contributed by atoms with van der Waals surface area (Å²) in [5.41, 5.74) is 9.75. The first kappa shape index (κ1) is 28.7. The molecule has 234 valence electrons. The zero-order valence-electron chi connectivity index (χ0n) is 26.8. The Morgan fingerprint density at radius 1 is 0.479 bits per heavy atom. The van der Waals surface area contributed by atoms with Gasteiger partial charge in [-0.25, -0.2) is 0 Å². The van der Waals surface area contributed by atoms with Crippen molar-refractivity contribution in [1.82, 2.24) is 16.0 Å². The molecule has 2 aliphatic heterocycles. The Kier molecular flexibility index (Phi) is 7.16. The van der Waals surface area contributed by atoms with Gasteiger partial charge in [0.1, 0.15) is 6.17 Å². The van der Waals surface area contributed by atoms with E-state index in [1.165, 1.54) is 66.3 Å². The number of benzene rings is 7. The molecular formula is C43H37N5. The van der Waals surface area contributed by atoms with Gasteiger partial charge in [0, 0.05) is 7.05 Å². The highest BCUT2D eigenvalue weighted by molar-refractivity contribution is 6.01. The Labute approximate surface area is 281 Å². The van der Waals surface area contributed by atoms with Gasteiger partial charge in [-0.05, 0) is 79.2 Å². The fourth-order valence-corrected chi connectivity index (χ4v) is 7.53. The molecule has 5 heteroatoms. The van der Waals surface area contributed by atoms with Crippen LogP contribution >= 0.6 is 0 Å². The molecule has 0 amide bonds. The fraction of sp³-hybridized carbons (Fsp3) is 0.116. The molecule has 48 heavy (non-hydrogen) atoms. The first-order valence-electron chi connectivity index (χ1n) is 16.7. The summed E-state index contributed by atoms with van der Waals surface area (Å²) in [6, 6.07) is 56.9. The number of hydrogen-bond donors (Lipinski definition) is 4. The van der Waals surface area contributed by atoms with Crippen molar-refractivity contribution in [3.8, 4) is 11.1 Å². The highest BCUT2D eigenvalue weighted by atomic mass is 15.4. The topological polar surface area (TPSA) is 51.4 Å². The number of rotatable bonds is 5. The maximum Gasteiger partial charge on any atom is 0.125 e. The lowest BCUT2D eigenvalue weighted by Crippen LogP contribution is -2.54. The molecule has 2 aliphatic rings. The van der Waals surface area contributed by atoms with Crippen LogP contribution in [0.15, 0.2) is 158 Å². The third kappa shape index (κ3) is 5.09. The molecule has 0 radical (unpaired) electrons. The van der Waals surface area contributed by atoms with E-state index in [1.807, 2.05) is 0 Å². The van der Waals surface area contributed by atoms with Crippen LogP contribution in [0.5, 0.6) is 0 Å². The summed E-state index contributed by atoms with van der Waals surface area (Å²) in [4.78, 5) is 2.32. The molecular weight excluding hydrogens is 587 g/mol. The number of nitrogens with zero attached hydrogens (tertiary/aromatic N) is 1. The van der Waals surface area contributed by atoms with E-state index in [-0.39, 0.29) is 24.7 Å². The molecule has 0 aliphatic carbocycles. The lowest BCUT2D eigenvalue weighted by Gasteiger charge is -2.40. The summed E-state index contributed by atoms with van der Waals surface area (Å²) >= 11 is 0. The van der Waals surface area contributed by atoms with Crippen molar-refractivity contribution in [3.05, 3.63) is 180 Å². The third-order valence-electron chi connectivity index (χ3n) is 9.97. The van der Waals surface area contributed by atoms with Gasteiger partial charge in [-0.1, -0.05) is 133 Å². The molecule has 2 heterocycles. The molecule has 0 saturated carbocycles. The smallest absolute Gasteiger partial charge is 0.125 e. The molecule has 3 unspecified atom stereocenters. The minimum Gasteiger partial charge on any atom is -0.360 e. The largest absolute Gasteiger partial charge is 0.360 e. The van der Waals surface area contributed by atoms with Crippen LogP contribution < -0.4 is 26.2 Å². The minimum atomic E-state index is -0.107. The number of nitrogens with one attached hydrogen (secondary N) is 4. The van der Waals surface area contributed by atoms with Crippen molar-refractivity contribution in [2.45, 2.75) is 24.7 Å². The van der Waals surface area contributed by atoms with Gasteiger partial charge in [0.05, 0.1) is 29.9 Å². The molecule has 7 aromatic rings. The van der Waals surface area contributed by atoms with Crippen molar-refractivity contribution in [2.75, 3.05) is 17.3 Å². The average Bonchev–Trinajstić information content (AvgIpc) is 3.50. The van der Waals surface area contributed by atoms with Gasteiger partial charge in [-0.15, -0.1) is 0 Å². The molecule has 0 bridgehead atoms. The van der Waals surface area contributed by atoms with Gasteiger partial charge in [-0.3, -0.25) is 16.0 Å². The van der Waals surface area contributed by atoms with Crippen LogP contribution in [0, 0.1) is 0 Å². The molecule has 5 nitrogen and oxygen atoms in total. The van der Waals surface area contributed by atoms with E-state index in [2.05, 4.69) is 191 Å². The predicted molar refractivity (Wildman–Crippen MR) is 199 cm³/mol. The molecule has 0 spiro atoms. The van der Waals surface area contributed by atoms with E-state index in [0.29, 0.717) is 0 Å². The number of anilines is 2. The van der Waals surface area contributed by atoms with Crippen molar-refractivity contribution in [2.24, 2.45) is 0 Å². The second kappa shape index (κ2) is 12.0. The summed E-state index contributed by atoms with van der Waals surface area (Å²) < 4.78 is 0. The number of fused-ring (bicyclic) bond motifs is 3. The third-order valence-corrected chi connectivity index (χ3v) is 9.97. The fourth-order valence-electron chi connectivity index (χ4n) is 7.53. The minimum absolute atomic E-state index is 0.0366. The monoisotopic (exact) mass is 623 g/mol. The SMILES string of the molecule is CN1c2ccccc2NC1c1ccc2cc(-c3c(C4NC(c5ccccc5)NC(c5ccccc5)N4)ccc4ccccc34)ccc2c1.